The molecule has 4 nitrogen and oxygen atoms in total. The zero-order valence-corrected chi connectivity index (χ0v) is 7.01. The standard InChI is InChI=1S/C7H18N2O2/c1-7(5-10,6-11)4-9-3-2-8/h9-11H,2-6,8H2,1H3. The average Bonchev–Trinajstić information content (AvgIpc) is 2.05. The monoisotopic (exact) mass is 162 g/mol. The van der Waals surface area contributed by atoms with E-state index in [1.165, 1.54) is 0 Å². The van der Waals surface area contributed by atoms with Crippen molar-refractivity contribution in [2.75, 3.05) is 32.8 Å². The molecule has 0 atom stereocenters. The van der Waals surface area contributed by atoms with E-state index in [2.05, 4.69) is 5.32 Å². The van der Waals surface area contributed by atoms with Crippen molar-refractivity contribution < 1.29 is 10.2 Å². The van der Waals surface area contributed by atoms with Gasteiger partial charge in [0.05, 0.1) is 13.2 Å². The van der Waals surface area contributed by atoms with Gasteiger partial charge in [-0.15, -0.1) is 0 Å². The van der Waals surface area contributed by atoms with Crippen molar-refractivity contribution in [1.82, 2.24) is 5.32 Å². The molecule has 0 saturated heterocycles. The number of rotatable bonds is 6. The highest BCUT2D eigenvalue weighted by Gasteiger charge is 2.21. The first-order valence-corrected chi connectivity index (χ1v) is 3.81. The van der Waals surface area contributed by atoms with Gasteiger partial charge in [0, 0.05) is 25.0 Å². The molecule has 0 aromatic carbocycles. The van der Waals surface area contributed by atoms with Crippen LogP contribution in [0.4, 0.5) is 0 Å². The second-order valence-corrected chi connectivity index (χ2v) is 3.09. The molecule has 0 aromatic rings. The van der Waals surface area contributed by atoms with Crippen molar-refractivity contribution in [3.8, 4) is 0 Å². The Kier molecular flexibility index (Phi) is 5.41. The minimum Gasteiger partial charge on any atom is -0.396 e. The van der Waals surface area contributed by atoms with Gasteiger partial charge in [-0.1, -0.05) is 6.92 Å². The van der Waals surface area contributed by atoms with Crippen LogP contribution in [0.25, 0.3) is 0 Å². The molecule has 0 spiro atoms. The van der Waals surface area contributed by atoms with Crippen LogP contribution in [0.3, 0.4) is 0 Å². The first kappa shape index (κ1) is 10.8. The van der Waals surface area contributed by atoms with Crippen LogP contribution in [0.5, 0.6) is 0 Å². The smallest absolute Gasteiger partial charge is 0.0518 e. The van der Waals surface area contributed by atoms with Crippen LogP contribution in [0, 0.1) is 5.41 Å². The highest BCUT2D eigenvalue weighted by molar-refractivity contribution is 4.74. The molecule has 11 heavy (non-hydrogen) atoms. The minimum absolute atomic E-state index is 0.0128. The van der Waals surface area contributed by atoms with Crippen LogP contribution >= 0.6 is 0 Å². The summed E-state index contributed by atoms with van der Waals surface area (Å²) in [5.41, 5.74) is 4.83. The van der Waals surface area contributed by atoms with E-state index >= 15 is 0 Å². The van der Waals surface area contributed by atoms with Crippen LogP contribution < -0.4 is 11.1 Å². The van der Waals surface area contributed by atoms with E-state index in [0.29, 0.717) is 13.1 Å². The Hall–Kier alpha value is -0.160. The first-order chi connectivity index (χ1) is 5.18. The summed E-state index contributed by atoms with van der Waals surface area (Å²) < 4.78 is 0. The van der Waals surface area contributed by atoms with Crippen LogP contribution in [0.1, 0.15) is 6.92 Å². The minimum atomic E-state index is -0.421. The molecule has 0 heterocycles. The molecule has 0 bridgehead atoms. The number of nitrogens with two attached hydrogens (primary N) is 1. The zero-order valence-electron chi connectivity index (χ0n) is 7.01. The molecular weight excluding hydrogens is 144 g/mol. The molecule has 0 aliphatic rings. The largest absolute Gasteiger partial charge is 0.396 e. The fourth-order valence-electron chi connectivity index (χ4n) is 0.654. The van der Waals surface area contributed by atoms with E-state index in [0.717, 1.165) is 6.54 Å². The van der Waals surface area contributed by atoms with Gasteiger partial charge in [0.25, 0.3) is 0 Å². The van der Waals surface area contributed by atoms with Gasteiger partial charge in [0.1, 0.15) is 0 Å². The molecule has 0 saturated carbocycles. The second kappa shape index (κ2) is 5.49. The predicted molar refractivity (Wildman–Crippen MR) is 44.2 cm³/mol. The lowest BCUT2D eigenvalue weighted by Crippen LogP contribution is -2.39. The summed E-state index contributed by atoms with van der Waals surface area (Å²) >= 11 is 0. The summed E-state index contributed by atoms with van der Waals surface area (Å²) in [6.07, 6.45) is 0. The number of hydrogen-bond donors (Lipinski definition) is 4. The van der Waals surface area contributed by atoms with Gasteiger partial charge in [-0.2, -0.15) is 0 Å². The van der Waals surface area contributed by atoms with Gasteiger partial charge in [-0.3, -0.25) is 0 Å². The molecular formula is C7H18N2O2. The third kappa shape index (κ3) is 4.31. The normalized spacial score (nSPS) is 12.0. The molecule has 5 N–H and O–H groups in total. The Labute approximate surface area is 67.4 Å². The van der Waals surface area contributed by atoms with Crippen LogP contribution in [0.15, 0.2) is 0 Å². The van der Waals surface area contributed by atoms with Gasteiger partial charge in [-0.25, -0.2) is 0 Å². The lowest BCUT2D eigenvalue weighted by molar-refractivity contribution is 0.0701. The second-order valence-electron chi connectivity index (χ2n) is 3.09. The molecule has 0 rings (SSSR count). The van der Waals surface area contributed by atoms with E-state index in [1.54, 1.807) is 0 Å². The van der Waals surface area contributed by atoms with Crippen LogP contribution in [-0.4, -0.2) is 43.1 Å². The van der Waals surface area contributed by atoms with Gasteiger partial charge in [-0.05, 0) is 0 Å². The maximum atomic E-state index is 8.85. The average molecular weight is 162 g/mol. The zero-order chi connectivity index (χ0) is 8.74. The van der Waals surface area contributed by atoms with Crippen molar-refractivity contribution in [1.29, 1.82) is 0 Å². The Morgan fingerprint density at radius 1 is 1.36 bits per heavy atom. The summed E-state index contributed by atoms with van der Waals surface area (Å²) in [7, 11) is 0. The van der Waals surface area contributed by atoms with Crippen LogP contribution in [0.2, 0.25) is 0 Å². The van der Waals surface area contributed by atoms with Gasteiger partial charge < -0.3 is 21.3 Å². The van der Waals surface area contributed by atoms with Crippen molar-refractivity contribution >= 4 is 0 Å². The number of aliphatic hydroxyl groups excluding tert-OH is 2. The van der Waals surface area contributed by atoms with Gasteiger partial charge in [0.15, 0.2) is 0 Å². The number of aliphatic hydroxyl groups is 2. The van der Waals surface area contributed by atoms with E-state index in [4.69, 9.17) is 15.9 Å². The summed E-state index contributed by atoms with van der Waals surface area (Å²) in [5, 5.41) is 20.7. The Morgan fingerprint density at radius 2 is 1.91 bits per heavy atom. The molecule has 0 aliphatic carbocycles. The fraction of sp³-hybridized carbons (Fsp3) is 1.00. The molecule has 4 heteroatoms. The number of hydrogen-bond acceptors (Lipinski definition) is 4. The van der Waals surface area contributed by atoms with Crippen molar-refractivity contribution in [3.63, 3.8) is 0 Å². The van der Waals surface area contributed by atoms with E-state index in [1.807, 2.05) is 6.92 Å². The molecule has 68 valence electrons. The highest BCUT2D eigenvalue weighted by Crippen LogP contribution is 2.11. The Balaban J connectivity index is 3.51. The molecule has 0 radical (unpaired) electrons. The van der Waals surface area contributed by atoms with Gasteiger partial charge >= 0.3 is 0 Å². The maximum absolute atomic E-state index is 8.85. The molecule has 0 fully saturated rings. The summed E-state index contributed by atoms with van der Waals surface area (Å²) in [4.78, 5) is 0. The Bertz CT molecular complexity index is 94.4. The predicted octanol–water partition coefficient (Wildman–Crippen LogP) is -1.47. The molecule has 0 unspecified atom stereocenters. The summed E-state index contributed by atoms with van der Waals surface area (Å²) in [6.45, 7) is 3.68. The molecule has 0 aromatic heterocycles. The van der Waals surface area contributed by atoms with Crippen molar-refractivity contribution in [3.05, 3.63) is 0 Å². The quantitative estimate of drug-likeness (QED) is 0.359. The first-order valence-electron chi connectivity index (χ1n) is 3.81. The SMILES string of the molecule is CC(CO)(CO)CNCCN. The highest BCUT2D eigenvalue weighted by atomic mass is 16.3. The number of nitrogens with one attached hydrogen (secondary N) is 1. The lowest BCUT2D eigenvalue weighted by Gasteiger charge is -2.24. The Morgan fingerprint density at radius 3 is 2.27 bits per heavy atom. The lowest BCUT2D eigenvalue weighted by atomic mass is 9.93. The molecule has 0 amide bonds. The van der Waals surface area contributed by atoms with Crippen molar-refractivity contribution in [2.24, 2.45) is 11.1 Å². The van der Waals surface area contributed by atoms with E-state index in [-0.39, 0.29) is 13.2 Å². The topological polar surface area (TPSA) is 78.5 Å². The maximum Gasteiger partial charge on any atom is 0.0518 e. The third-order valence-electron chi connectivity index (χ3n) is 1.64. The summed E-state index contributed by atoms with van der Waals surface area (Å²) in [6, 6.07) is 0. The summed E-state index contributed by atoms with van der Waals surface area (Å²) in [5.74, 6) is 0. The van der Waals surface area contributed by atoms with Crippen LogP contribution in [-0.2, 0) is 0 Å². The molecule has 0 aliphatic heterocycles. The van der Waals surface area contributed by atoms with Crippen molar-refractivity contribution in [2.45, 2.75) is 6.92 Å². The van der Waals surface area contributed by atoms with Gasteiger partial charge in [0.2, 0.25) is 0 Å². The third-order valence-corrected chi connectivity index (χ3v) is 1.64. The fourth-order valence-corrected chi connectivity index (χ4v) is 0.654. The van der Waals surface area contributed by atoms with E-state index < -0.39 is 5.41 Å². The van der Waals surface area contributed by atoms with E-state index in [9.17, 15) is 0 Å².